The van der Waals surface area contributed by atoms with Crippen molar-refractivity contribution < 1.29 is 4.79 Å². The minimum absolute atomic E-state index is 0.129. The molecule has 0 aromatic carbocycles. The Hall–Kier alpha value is -0.870. The number of hydrogen-bond donors (Lipinski definition) is 1. The van der Waals surface area contributed by atoms with Crippen molar-refractivity contribution in [1.82, 2.24) is 9.97 Å². The highest BCUT2D eigenvalue weighted by atomic mass is 35.5. The predicted octanol–water partition coefficient (Wildman–Crippen LogP) is 4.18. The molecule has 0 saturated carbocycles. The van der Waals surface area contributed by atoms with E-state index in [1.165, 1.54) is 6.33 Å². The third kappa shape index (κ3) is 5.74. The first kappa shape index (κ1) is 16.2. The molecule has 1 N–H and O–H groups in total. The molecule has 1 aromatic heterocycles. The van der Waals surface area contributed by atoms with Gasteiger partial charge in [0.05, 0.1) is 0 Å². The van der Waals surface area contributed by atoms with Crippen molar-refractivity contribution in [3.63, 3.8) is 0 Å². The molecular weight excluding hydrogens is 285 g/mol. The monoisotopic (exact) mass is 303 g/mol. The van der Waals surface area contributed by atoms with Crippen LogP contribution in [0.4, 0.5) is 5.69 Å². The lowest BCUT2D eigenvalue weighted by Crippen LogP contribution is -2.19. The van der Waals surface area contributed by atoms with Gasteiger partial charge in [0.1, 0.15) is 12.0 Å². The van der Waals surface area contributed by atoms with Crippen LogP contribution in [0.5, 0.6) is 0 Å². The normalized spacial score (nSPS) is 13.2. The fourth-order valence-corrected chi connectivity index (χ4v) is 2.48. The van der Waals surface area contributed by atoms with Crippen LogP contribution in [0.2, 0.25) is 10.3 Å². The summed E-state index contributed by atoms with van der Waals surface area (Å²) in [5.74, 6) is 0.150. The molecule has 6 heteroatoms. The Kier molecular flexibility index (Phi) is 5.56. The van der Waals surface area contributed by atoms with Gasteiger partial charge in [-0.25, -0.2) is 9.97 Å². The molecule has 0 saturated heterocycles. The first-order valence-electron chi connectivity index (χ1n) is 6.15. The molecular formula is C13H19Cl2N3O. The quantitative estimate of drug-likeness (QED) is 0.849. The van der Waals surface area contributed by atoms with Crippen LogP contribution < -0.4 is 5.32 Å². The lowest BCUT2D eigenvalue weighted by Gasteiger charge is -2.22. The van der Waals surface area contributed by atoms with E-state index in [1.807, 2.05) is 0 Å². The van der Waals surface area contributed by atoms with E-state index >= 15 is 0 Å². The summed E-state index contributed by atoms with van der Waals surface area (Å²) in [4.78, 5) is 19.5. The average Bonchev–Trinajstić information content (AvgIpc) is 2.20. The van der Waals surface area contributed by atoms with Gasteiger partial charge in [0.2, 0.25) is 5.91 Å². The number of anilines is 1. The number of hydrogen-bond acceptors (Lipinski definition) is 3. The number of amides is 1. The topological polar surface area (TPSA) is 54.9 Å². The van der Waals surface area contributed by atoms with Crippen LogP contribution in [0.3, 0.4) is 0 Å². The number of halogens is 2. The van der Waals surface area contributed by atoms with E-state index in [1.54, 1.807) is 0 Å². The highest BCUT2D eigenvalue weighted by Gasteiger charge is 2.19. The summed E-state index contributed by atoms with van der Waals surface area (Å²) in [7, 11) is 0. The van der Waals surface area contributed by atoms with Gasteiger partial charge in [0, 0.05) is 6.42 Å². The zero-order valence-corrected chi connectivity index (χ0v) is 13.1. The van der Waals surface area contributed by atoms with Crippen LogP contribution >= 0.6 is 23.2 Å². The van der Waals surface area contributed by atoms with Crippen molar-refractivity contribution in [2.75, 3.05) is 5.32 Å². The van der Waals surface area contributed by atoms with E-state index in [-0.39, 0.29) is 33.2 Å². The SMILES string of the molecule is CC(CC(=O)Nc1c(Cl)ncnc1Cl)CC(C)(C)C. The van der Waals surface area contributed by atoms with Gasteiger partial charge in [-0.15, -0.1) is 0 Å². The Morgan fingerprint density at radius 1 is 1.32 bits per heavy atom. The molecule has 0 radical (unpaired) electrons. The second-order valence-corrected chi connectivity index (χ2v) is 6.67. The molecule has 0 spiro atoms. The number of carbonyl (C=O) groups is 1. The first-order chi connectivity index (χ1) is 8.69. The summed E-state index contributed by atoms with van der Waals surface area (Å²) < 4.78 is 0. The Bertz CT molecular complexity index is 437. The summed E-state index contributed by atoms with van der Waals surface area (Å²) in [6.07, 6.45) is 2.63. The fourth-order valence-electron chi connectivity index (χ4n) is 2.07. The molecule has 1 heterocycles. The van der Waals surface area contributed by atoms with Crippen LogP contribution in [-0.4, -0.2) is 15.9 Å². The third-order valence-corrected chi connectivity index (χ3v) is 3.09. The average molecular weight is 304 g/mol. The summed E-state index contributed by atoms with van der Waals surface area (Å²) in [6, 6.07) is 0. The van der Waals surface area contributed by atoms with Gasteiger partial charge in [0.15, 0.2) is 10.3 Å². The van der Waals surface area contributed by atoms with Gasteiger partial charge in [0.25, 0.3) is 0 Å². The van der Waals surface area contributed by atoms with Crippen LogP contribution in [0, 0.1) is 11.3 Å². The Labute approximate surface area is 123 Å². The first-order valence-corrected chi connectivity index (χ1v) is 6.90. The lowest BCUT2D eigenvalue weighted by atomic mass is 9.84. The maximum atomic E-state index is 11.9. The van der Waals surface area contributed by atoms with E-state index in [9.17, 15) is 4.79 Å². The summed E-state index contributed by atoms with van der Waals surface area (Å²) in [6.45, 7) is 8.51. The van der Waals surface area contributed by atoms with Crippen molar-refractivity contribution in [3.8, 4) is 0 Å². The van der Waals surface area contributed by atoms with Crippen molar-refractivity contribution >= 4 is 34.8 Å². The van der Waals surface area contributed by atoms with Crippen molar-refractivity contribution in [2.24, 2.45) is 11.3 Å². The van der Waals surface area contributed by atoms with Crippen molar-refractivity contribution in [2.45, 2.75) is 40.5 Å². The molecule has 0 aliphatic carbocycles. The smallest absolute Gasteiger partial charge is 0.224 e. The minimum atomic E-state index is -0.129. The molecule has 1 unspecified atom stereocenters. The third-order valence-electron chi connectivity index (χ3n) is 2.51. The minimum Gasteiger partial charge on any atom is -0.321 e. The number of aromatic nitrogens is 2. The molecule has 1 rings (SSSR count). The number of rotatable bonds is 4. The largest absolute Gasteiger partial charge is 0.321 e. The fraction of sp³-hybridized carbons (Fsp3) is 0.615. The summed E-state index contributed by atoms with van der Waals surface area (Å²) >= 11 is 11.7. The molecule has 4 nitrogen and oxygen atoms in total. The van der Waals surface area contributed by atoms with Crippen molar-refractivity contribution in [1.29, 1.82) is 0 Å². The number of nitrogens with one attached hydrogen (secondary N) is 1. The van der Waals surface area contributed by atoms with Crippen molar-refractivity contribution in [3.05, 3.63) is 16.6 Å². The van der Waals surface area contributed by atoms with Gasteiger partial charge in [-0.3, -0.25) is 4.79 Å². The second kappa shape index (κ2) is 6.53. The van der Waals surface area contributed by atoms with Gasteiger partial charge in [-0.2, -0.15) is 0 Å². The van der Waals surface area contributed by atoms with E-state index in [0.717, 1.165) is 6.42 Å². The van der Waals surface area contributed by atoms with Crippen LogP contribution in [0.25, 0.3) is 0 Å². The molecule has 1 amide bonds. The number of nitrogens with zero attached hydrogens (tertiary/aromatic N) is 2. The van der Waals surface area contributed by atoms with Crippen LogP contribution in [0.1, 0.15) is 40.5 Å². The molecule has 106 valence electrons. The molecule has 0 aliphatic heterocycles. The molecule has 19 heavy (non-hydrogen) atoms. The van der Waals surface area contributed by atoms with Gasteiger partial charge < -0.3 is 5.32 Å². The standard InChI is InChI=1S/C13H19Cl2N3O/c1-8(6-13(2,3)4)5-9(19)18-10-11(14)16-7-17-12(10)15/h7-8H,5-6H2,1-4H3,(H,18,19). The molecule has 1 aromatic rings. The van der Waals surface area contributed by atoms with Gasteiger partial charge in [-0.05, 0) is 17.8 Å². The van der Waals surface area contributed by atoms with Gasteiger partial charge >= 0.3 is 0 Å². The van der Waals surface area contributed by atoms with Gasteiger partial charge in [-0.1, -0.05) is 50.9 Å². The lowest BCUT2D eigenvalue weighted by molar-refractivity contribution is -0.117. The molecule has 1 atom stereocenters. The molecule has 0 fully saturated rings. The summed E-state index contributed by atoms with van der Waals surface area (Å²) in [5, 5.41) is 2.97. The maximum absolute atomic E-state index is 11.9. The zero-order valence-electron chi connectivity index (χ0n) is 11.6. The predicted molar refractivity (Wildman–Crippen MR) is 78.5 cm³/mol. The second-order valence-electron chi connectivity index (χ2n) is 5.95. The van der Waals surface area contributed by atoms with E-state index < -0.39 is 0 Å². The molecule has 0 bridgehead atoms. The molecule has 0 aliphatic rings. The Morgan fingerprint density at radius 2 is 1.84 bits per heavy atom. The van der Waals surface area contributed by atoms with E-state index in [4.69, 9.17) is 23.2 Å². The number of carbonyl (C=O) groups excluding carboxylic acids is 1. The highest BCUT2D eigenvalue weighted by molar-refractivity contribution is 6.38. The van der Waals surface area contributed by atoms with E-state index in [2.05, 4.69) is 43.0 Å². The Balaban J connectivity index is 2.61. The highest BCUT2D eigenvalue weighted by Crippen LogP contribution is 2.28. The zero-order chi connectivity index (χ0) is 14.6. The van der Waals surface area contributed by atoms with Crippen LogP contribution in [-0.2, 0) is 4.79 Å². The summed E-state index contributed by atoms with van der Waals surface area (Å²) in [5.41, 5.74) is 0.476. The Morgan fingerprint density at radius 3 is 2.32 bits per heavy atom. The maximum Gasteiger partial charge on any atom is 0.224 e. The van der Waals surface area contributed by atoms with Crippen LogP contribution in [0.15, 0.2) is 6.33 Å². The van der Waals surface area contributed by atoms with E-state index in [0.29, 0.717) is 6.42 Å².